The fourth-order valence-electron chi connectivity index (χ4n) is 1.82. The molecule has 9 heteroatoms. The summed E-state index contributed by atoms with van der Waals surface area (Å²) < 4.78 is 30.4. The normalized spacial score (nSPS) is 21.0. The molecule has 0 aromatic carbocycles. The molecule has 1 fully saturated rings. The van der Waals surface area contributed by atoms with E-state index in [9.17, 15) is 18.0 Å². The van der Waals surface area contributed by atoms with Crippen LogP contribution in [0.3, 0.4) is 0 Å². The van der Waals surface area contributed by atoms with Gasteiger partial charge < -0.3 is 15.2 Å². The number of likely N-dealkylation sites (N-methyl/N-ethyl adjacent to an activating group) is 1. The van der Waals surface area contributed by atoms with E-state index in [0.717, 1.165) is 4.31 Å². The molecule has 1 heterocycles. The van der Waals surface area contributed by atoms with Crippen molar-refractivity contribution in [1.29, 1.82) is 0 Å². The minimum Gasteiger partial charge on any atom is -0.481 e. The van der Waals surface area contributed by atoms with E-state index >= 15 is 0 Å². The third-order valence-electron chi connectivity index (χ3n) is 2.78. The van der Waals surface area contributed by atoms with Crippen LogP contribution in [-0.4, -0.2) is 68.3 Å². The van der Waals surface area contributed by atoms with Crippen molar-refractivity contribution < 1.29 is 27.9 Å². The van der Waals surface area contributed by atoms with Crippen molar-refractivity contribution in [2.75, 3.05) is 32.6 Å². The summed E-state index contributed by atoms with van der Waals surface area (Å²) in [4.78, 5) is 22.0. The number of morpholine rings is 1. The number of hydrogen-bond donors (Lipinski definition) is 2. The zero-order chi connectivity index (χ0) is 14.5. The van der Waals surface area contributed by atoms with Crippen LogP contribution in [0.4, 0.5) is 0 Å². The number of ether oxygens (including phenoxy) is 1. The lowest BCUT2D eigenvalue weighted by Gasteiger charge is -2.33. The summed E-state index contributed by atoms with van der Waals surface area (Å²) in [5.41, 5.74) is 0. The average molecular weight is 294 g/mol. The third kappa shape index (κ3) is 4.44. The van der Waals surface area contributed by atoms with Crippen LogP contribution < -0.4 is 5.32 Å². The van der Waals surface area contributed by atoms with Crippen LogP contribution in [0.5, 0.6) is 0 Å². The van der Waals surface area contributed by atoms with E-state index in [1.807, 2.05) is 0 Å². The number of sulfonamides is 1. The highest BCUT2D eigenvalue weighted by molar-refractivity contribution is 7.89. The third-order valence-corrected chi connectivity index (χ3v) is 4.73. The Labute approximate surface area is 111 Å². The lowest BCUT2D eigenvalue weighted by molar-refractivity contribution is -0.137. The number of nitrogens with zero attached hydrogens (tertiary/aromatic N) is 1. The van der Waals surface area contributed by atoms with Crippen LogP contribution >= 0.6 is 0 Å². The maximum atomic E-state index is 12.1. The maximum absolute atomic E-state index is 12.1. The van der Waals surface area contributed by atoms with Crippen molar-refractivity contribution in [2.24, 2.45) is 0 Å². The number of nitrogens with one attached hydrogen (secondary N) is 1. The number of hydrogen-bond acceptors (Lipinski definition) is 5. The molecule has 1 saturated heterocycles. The van der Waals surface area contributed by atoms with E-state index < -0.39 is 27.9 Å². The molecule has 0 aromatic heterocycles. The number of aliphatic carboxylic acids is 1. The Morgan fingerprint density at radius 3 is 2.74 bits per heavy atom. The molecule has 0 bridgehead atoms. The molecule has 1 atom stereocenters. The fourth-order valence-corrected chi connectivity index (χ4v) is 3.46. The molecular formula is C10H18N2O6S. The molecule has 0 aliphatic carbocycles. The second-order valence-corrected chi connectivity index (χ2v) is 6.17. The monoisotopic (exact) mass is 294 g/mol. The number of carboxylic acid groups (broad SMARTS) is 1. The van der Waals surface area contributed by atoms with Gasteiger partial charge in [-0.1, -0.05) is 0 Å². The lowest BCUT2D eigenvalue weighted by Crippen LogP contribution is -2.55. The number of rotatable bonds is 6. The largest absolute Gasteiger partial charge is 0.481 e. The molecule has 1 aliphatic rings. The number of carboxylic acids is 1. The Kier molecular flexibility index (Phi) is 5.70. The fraction of sp³-hybridized carbons (Fsp3) is 0.800. The molecule has 1 unspecified atom stereocenters. The molecule has 1 rings (SSSR count). The Hall–Kier alpha value is -1.19. The highest BCUT2D eigenvalue weighted by atomic mass is 32.2. The SMILES string of the molecule is CNC(=O)C1COCCN1S(=O)(=O)CCCC(=O)O. The summed E-state index contributed by atoms with van der Waals surface area (Å²) >= 11 is 0. The van der Waals surface area contributed by atoms with Crippen LogP contribution in [0.15, 0.2) is 0 Å². The van der Waals surface area contributed by atoms with Gasteiger partial charge >= 0.3 is 5.97 Å². The number of carbonyl (C=O) groups is 2. The molecule has 1 amide bonds. The van der Waals surface area contributed by atoms with Gasteiger partial charge in [-0.15, -0.1) is 0 Å². The first-order valence-corrected chi connectivity index (χ1v) is 7.50. The van der Waals surface area contributed by atoms with Crippen molar-refractivity contribution >= 4 is 21.9 Å². The van der Waals surface area contributed by atoms with E-state index in [1.54, 1.807) is 0 Å². The molecular weight excluding hydrogens is 276 g/mol. The van der Waals surface area contributed by atoms with Crippen molar-refractivity contribution in [1.82, 2.24) is 9.62 Å². The molecule has 0 aromatic rings. The molecule has 0 saturated carbocycles. The van der Waals surface area contributed by atoms with Crippen LogP contribution in [0.2, 0.25) is 0 Å². The summed E-state index contributed by atoms with van der Waals surface area (Å²) in [5.74, 6) is -1.76. The Morgan fingerprint density at radius 2 is 2.16 bits per heavy atom. The topological polar surface area (TPSA) is 113 Å². The standard InChI is InChI=1S/C10H18N2O6S/c1-11-10(15)8-7-18-5-4-12(8)19(16,17)6-2-3-9(13)14/h8H,2-7H2,1H3,(H,11,15)(H,13,14). The summed E-state index contributed by atoms with van der Waals surface area (Å²) in [6.07, 6.45) is -0.191. The first-order valence-electron chi connectivity index (χ1n) is 5.89. The van der Waals surface area contributed by atoms with Crippen LogP contribution in [0.1, 0.15) is 12.8 Å². The second kappa shape index (κ2) is 6.83. The zero-order valence-corrected chi connectivity index (χ0v) is 11.5. The van der Waals surface area contributed by atoms with Gasteiger partial charge in [-0.05, 0) is 6.42 Å². The van der Waals surface area contributed by atoms with Gasteiger partial charge in [-0.25, -0.2) is 8.42 Å². The van der Waals surface area contributed by atoms with E-state index in [-0.39, 0.29) is 38.4 Å². The van der Waals surface area contributed by atoms with Crippen molar-refractivity contribution in [3.63, 3.8) is 0 Å². The minimum atomic E-state index is -3.65. The number of carbonyl (C=O) groups excluding carboxylic acids is 1. The van der Waals surface area contributed by atoms with Gasteiger partial charge in [0.2, 0.25) is 15.9 Å². The summed E-state index contributed by atoms with van der Waals surface area (Å²) in [7, 11) is -2.23. The van der Waals surface area contributed by atoms with Gasteiger partial charge in [-0.2, -0.15) is 4.31 Å². The first-order chi connectivity index (χ1) is 8.88. The van der Waals surface area contributed by atoms with Gasteiger partial charge in [0.15, 0.2) is 0 Å². The van der Waals surface area contributed by atoms with E-state index in [1.165, 1.54) is 7.05 Å². The van der Waals surface area contributed by atoms with E-state index in [0.29, 0.717) is 0 Å². The van der Waals surface area contributed by atoms with E-state index in [4.69, 9.17) is 9.84 Å². The Bertz CT molecular complexity index is 435. The Balaban J connectivity index is 2.72. The summed E-state index contributed by atoms with van der Waals surface area (Å²) in [5, 5.41) is 10.9. The molecule has 0 spiro atoms. The van der Waals surface area contributed by atoms with Gasteiger partial charge in [-0.3, -0.25) is 9.59 Å². The second-order valence-electron chi connectivity index (χ2n) is 4.13. The van der Waals surface area contributed by atoms with Gasteiger partial charge in [0.1, 0.15) is 6.04 Å². The minimum absolute atomic E-state index is 0.0117. The van der Waals surface area contributed by atoms with Gasteiger partial charge in [0, 0.05) is 20.0 Å². The summed E-state index contributed by atoms with van der Waals surface area (Å²) in [6.45, 7) is 0.344. The average Bonchev–Trinajstić information content (AvgIpc) is 2.37. The highest BCUT2D eigenvalue weighted by Crippen LogP contribution is 2.14. The van der Waals surface area contributed by atoms with Crippen LogP contribution in [0, 0.1) is 0 Å². The summed E-state index contributed by atoms with van der Waals surface area (Å²) in [6, 6.07) is -0.881. The maximum Gasteiger partial charge on any atom is 0.303 e. The molecule has 19 heavy (non-hydrogen) atoms. The highest BCUT2D eigenvalue weighted by Gasteiger charge is 2.36. The van der Waals surface area contributed by atoms with Crippen molar-refractivity contribution in [3.8, 4) is 0 Å². The Morgan fingerprint density at radius 1 is 1.47 bits per heavy atom. The van der Waals surface area contributed by atoms with Crippen LogP contribution in [-0.2, 0) is 24.3 Å². The quantitative estimate of drug-likeness (QED) is 0.625. The van der Waals surface area contributed by atoms with Crippen molar-refractivity contribution in [3.05, 3.63) is 0 Å². The predicted molar refractivity (Wildman–Crippen MR) is 66.0 cm³/mol. The first kappa shape index (κ1) is 15.9. The molecule has 8 nitrogen and oxygen atoms in total. The van der Waals surface area contributed by atoms with Crippen LogP contribution in [0.25, 0.3) is 0 Å². The molecule has 0 radical (unpaired) electrons. The molecule has 1 aliphatic heterocycles. The van der Waals surface area contributed by atoms with E-state index in [2.05, 4.69) is 5.32 Å². The molecule has 110 valence electrons. The van der Waals surface area contributed by atoms with Gasteiger partial charge in [0.05, 0.1) is 19.0 Å². The zero-order valence-electron chi connectivity index (χ0n) is 10.7. The predicted octanol–water partition coefficient (Wildman–Crippen LogP) is -1.37. The lowest BCUT2D eigenvalue weighted by atomic mass is 10.2. The number of amides is 1. The molecule has 2 N–H and O–H groups in total. The smallest absolute Gasteiger partial charge is 0.303 e. The van der Waals surface area contributed by atoms with Gasteiger partial charge in [0.25, 0.3) is 0 Å². The van der Waals surface area contributed by atoms with Crippen molar-refractivity contribution in [2.45, 2.75) is 18.9 Å².